The molecule has 6 heteroatoms. The average molecular weight is 604 g/mol. The SMILES string of the molecule is COC(=O)CC1c2ccc(NCc3cccc(-c4c(C)cc(OCCOC(=O)c5ccccc5)cc4C)c3C)cc2CC12CC2. The van der Waals surface area contributed by atoms with Crippen LogP contribution in [-0.2, 0) is 27.2 Å². The number of carbonyl (C=O) groups excluding carboxylic acids is 2. The molecule has 2 aliphatic carbocycles. The topological polar surface area (TPSA) is 73.9 Å². The van der Waals surface area contributed by atoms with E-state index in [0.717, 1.165) is 35.5 Å². The van der Waals surface area contributed by atoms with E-state index in [1.165, 1.54) is 53.3 Å². The fraction of sp³-hybridized carbons (Fsp3) is 0.333. The van der Waals surface area contributed by atoms with Crippen LogP contribution in [0, 0.1) is 26.2 Å². The first-order chi connectivity index (χ1) is 21.8. The Kier molecular flexibility index (Phi) is 8.66. The summed E-state index contributed by atoms with van der Waals surface area (Å²) in [6, 6.07) is 26.2. The van der Waals surface area contributed by atoms with Crippen LogP contribution in [0.1, 0.15) is 68.9 Å². The molecule has 0 aromatic heterocycles. The van der Waals surface area contributed by atoms with Crippen molar-refractivity contribution in [1.29, 1.82) is 0 Å². The van der Waals surface area contributed by atoms with Crippen LogP contribution in [0.4, 0.5) is 5.69 Å². The van der Waals surface area contributed by atoms with Gasteiger partial charge in [0.2, 0.25) is 0 Å². The third kappa shape index (κ3) is 6.46. The number of esters is 2. The van der Waals surface area contributed by atoms with Crippen molar-refractivity contribution in [2.75, 3.05) is 25.6 Å². The fourth-order valence-electron chi connectivity index (χ4n) is 7.03. The molecular formula is C39H41NO5. The number of hydrogen-bond acceptors (Lipinski definition) is 6. The maximum atomic E-state index is 12.2. The Labute approximate surface area is 265 Å². The highest BCUT2D eigenvalue weighted by Crippen LogP contribution is 2.64. The summed E-state index contributed by atoms with van der Waals surface area (Å²) in [4.78, 5) is 24.3. The van der Waals surface area contributed by atoms with E-state index < -0.39 is 0 Å². The van der Waals surface area contributed by atoms with Crippen molar-refractivity contribution in [3.05, 3.63) is 118 Å². The predicted octanol–water partition coefficient (Wildman–Crippen LogP) is 8.11. The second-order valence-electron chi connectivity index (χ2n) is 12.5. The molecule has 0 amide bonds. The number of rotatable bonds is 11. The van der Waals surface area contributed by atoms with Gasteiger partial charge in [-0.3, -0.25) is 4.79 Å². The van der Waals surface area contributed by atoms with E-state index in [2.05, 4.69) is 74.6 Å². The summed E-state index contributed by atoms with van der Waals surface area (Å²) < 4.78 is 16.3. The van der Waals surface area contributed by atoms with Crippen LogP contribution >= 0.6 is 0 Å². The van der Waals surface area contributed by atoms with Gasteiger partial charge in [0.15, 0.2) is 0 Å². The first-order valence-corrected chi connectivity index (χ1v) is 15.8. The number of benzene rings is 4. The largest absolute Gasteiger partial charge is 0.490 e. The standard InChI is InChI=1S/C39H41NO5/c1-25-19-32(44-17-18-45-38(42)28-9-6-5-7-10-28)20-26(2)37(25)33-12-8-11-29(27(33)3)24-40-31-13-14-34-30(21-31)23-39(15-16-39)35(34)22-36(41)43-4/h5-14,19-21,35,40H,15-18,22-24H2,1-4H3. The molecule has 4 aromatic rings. The van der Waals surface area contributed by atoms with Gasteiger partial charge in [-0.1, -0.05) is 42.5 Å². The summed E-state index contributed by atoms with van der Waals surface area (Å²) in [5.41, 5.74) is 11.7. The van der Waals surface area contributed by atoms with Gasteiger partial charge in [-0.25, -0.2) is 4.79 Å². The zero-order chi connectivity index (χ0) is 31.6. The number of anilines is 1. The highest BCUT2D eigenvalue weighted by Gasteiger charge is 2.54. The van der Waals surface area contributed by atoms with Gasteiger partial charge in [-0.2, -0.15) is 0 Å². The lowest BCUT2D eigenvalue weighted by Crippen LogP contribution is -2.14. The quantitative estimate of drug-likeness (QED) is 0.138. The molecule has 0 bridgehead atoms. The smallest absolute Gasteiger partial charge is 0.338 e. The van der Waals surface area contributed by atoms with E-state index in [0.29, 0.717) is 12.0 Å². The molecule has 4 aromatic carbocycles. The molecule has 0 heterocycles. The van der Waals surface area contributed by atoms with E-state index in [1.54, 1.807) is 12.1 Å². The zero-order valence-corrected chi connectivity index (χ0v) is 26.6. The number of hydrogen-bond donors (Lipinski definition) is 1. The number of carbonyl (C=O) groups is 2. The molecule has 1 N–H and O–H groups in total. The molecule has 232 valence electrons. The highest BCUT2D eigenvalue weighted by molar-refractivity contribution is 5.89. The average Bonchev–Trinajstić information content (AvgIpc) is 3.75. The first kappa shape index (κ1) is 30.4. The van der Waals surface area contributed by atoms with E-state index in [4.69, 9.17) is 14.2 Å². The molecule has 6 nitrogen and oxygen atoms in total. The minimum absolute atomic E-state index is 0.119. The Morgan fingerprint density at radius 2 is 1.64 bits per heavy atom. The maximum absolute atomic E-state index is 12.2. The lowest BCUT2D eigenvalue weighted by molar-refractivity contribution is -0.141. The number of fused-ring (bicyclic) bond motifs is 1. The second-order valence-corrected chi connectivity index (χ2v) is 12.5. The monoisotopic (exact) mass is 603 g/mol. The van der Waals surface area contributed by atoms with E-state index in [-0.39, 0.29) is 36.5 Å². The third-order valence-electron chi connectivity index (χ3n) is 9.59. The first-order valence-electron chi connectivity index (χ1n) is 15.8. The molecule has 1 unspecified atom stereocenters. The van der Waals surface area contributed by atoms with E-state index in [9.17, 15) is 9.59 Å². The van der Waals surface area contributed by atoms with Gasteiger partial charge < -0.3 is 19.5 Å². The Balaban J connectivity index is 1.10. The van der Waals surface area contributed by atoms with Gasteiger partial charge >= 0.3 is 11.9 Å². The molecule has 1 fully saturated rings. The Hall–Kier alpha value is -4.58. The molecule has 1 atom stereocenters. The molecule has 45 heavy (non-hydrogen) atoms. The van der Waals surface area contributed by atoms with Crippen LogP contribution in [0.3, 0.4) is 0 Å². The van der Waals surface area contributed by atoms with Gasteiger partial charge in [0.05, 0.1) is 19.1 Å². The van der Waals surface area contributed by atoms with Crippen molar-refractivity contribution < 1.29 is 23.8 Å². The van der Waals surface area contributed by atoms with Crippen molar-refractivity contribution in [1.82, 2.24) is 0 Å². The molecule has 0 radical (unpaired) electrons. The number of methoxy groups -OCH3 is 1. The van der Waals surface area contributed by atoms with Crippen molar-refractivity contribution in [2.45, 2.75) is 58.9 Å². The van der Waals surface area contributed by atoms with E-state index >= 15 is 0 Å². The number of nitrogens with one attached hydrogen (secondary N) is 1. The van der Waals surface area contributed by atoms with Crippen molar-refractivity contribution in [2.24, 2.45) is 5.41 Å². The summed E-state index contributed by atoms with van der Waals surface area (Å²) in [6.07, 6.45) is 3.89. The summed E-state index contributed by atoms with van der Waals surface area (Å²) in [5.74, 6) is 0.566. The molecule has 2 aliphatic rings. The molecular weight excluding hydrogens is 562 g/mol. The number of ether oxygens (including phenoxy) is 3. The van der Waals surface area contributed by atoms with E-state index in [1.807, 2.05) is 18.2 Å². The van der Waals surface area contributed by atoms with Crippen LogP contribution in [-0.4, -0.2) is 32.3 Å². The molecule has 0 saturated heterocycles. The Bertz CT molecular complexity index is 1700. The summed E-state index contributed by atoms with van der Waals surface area (Å²) >= 11 is 0. The zero-order valence-electron chi connectivity index (χ0n) is 26.6. The number of aryl methyl sites for hydroxylation is 2. The normalized spacial score (nSPS) is 15.8. The van der Waals surface area contributed by atoms with Crippen LogP contribution in [0.15, 0.2) is 78.9 Å². The summed E-state index contributed by atoms with van der Waals surface area (Å²) in [6.45, 7) is 7.59. The minimum Gasteiger partial charge on any atom is -0.490 e. The molecule has 1 spiro atoms. The third-order valence-corrected chi connectivity index (χ3v) is 9.59. The molecule has 6 rings (SSSR count). The highest BCUT2D eigenvalue weighted by atomic mass is 16.6. The molecule has 0 aliphatic heterocycles. The van der Waals surface area contributed by atoms with Gasteiger partial charge in [0, 0.05) is 18.2 Å². The second kappa shape index (κ2) is 12.8. The lowest BCUT2D eigenvalue weighted by atomic mass is 9.87. The van der Waals surface area contributed by atoms with Gasteiger partial charge in [0.25, 0.3) is 0 Å². The Morgan fingerprint density at radius 3 is 2.36 bits per heavy atom. The predicted molar refractivity (Wildman–Crippen MR) is 177 cm³/mol. The minimum atomic E-state index is -0.348. The van der Waals surface area contributed by atoms with Crippen molar-refractivity contribution >= 4 is 17.6 Å². The van der Waals surface area contributed by atoms with Crippen LogP contribution in [0.5, 0.6) is 5.75 Å². The Morgan fingerprint density at radius 1 is 0.889 bits per heavy atom. The summed E-state index contributed by atoms with van der Waals surface area (Å²) in [7, 11) is 1.48. The van der Waals surface area contributed by atoms with Crippen molar-refractivity contribution in [3.63, 3.8) is 0 Å². The molecule has 1 saturated carbocycles. The summed E-state index contributed by atoms with van der Waals surface area (Å²) in [5, 5.41) is 3.66. The van der Waals surface area contributed by atoms with Gasteiger partial charge in [-0.15, -0.1) is 0 Å². The van der Waals surface area contributed by atoms with Crippen LogP contribution < -0.4 is 10.1 Å². The fourth-order valence-corrected chi connectivity index (χ4v) is 7.03. The maximum Gasteiger partial charge on any atom is 0.338 e. The van der Waals surface area contributed by atoms with Gasteiger partial charge in [-0.05, 0) is 126 Å². The van der Waals surface area contributed by atoms with Crippen LogP contribution in [0.25, 0.3) is 11.1 Å². The van der Waals surface area contributed by atoms with Crippen LogP contribution in [0.2, 0.25) is 0 Å². The van der Waals surface area contributed by atoms with Crippen molar-refractivity contribution in [3.8, 4) is 16.9 Å². The lowest BCUT2D eigenvalue weighted by Gasteiger charge is -2.19. The van der Waals surface area contributed by atoms with Gasteiger partial charge in [0.1, 0.15) is 19.0 Å².